The molecule has 0 aliphatic heterocycles. The topological polar surface area (TPSA) is 39.9 Å². The second-order valence-electron chi connectivity index (χ2n) is 3.08. The molecule has 0 fully saturated rings. The molecule has 0 aliphatic rings. The van der Waals surface area contributed by atoms with Crippen LogP contribution in [0.25, 0.3) is 0 Å². The molecule has 0 amide bonds. The van der Waals surface area contributed by atoms with E-state index in [0.717, 1.165) is 10.2 Å². The van der Waals surface area contributed by atoms with E-state index in [2.05, 4.69) is 26.0 Å². The SMILES string of the molecule is Clc1ccc(OCCn2cncn2)c(Br)c1. The lowest BCUT2D eigenvalue weighted by Crippen LogP contribution is -2.08. The fourth-order valence-corrected chi connectivity index (χ4v) is 1.99. The van der Waals surface area contributed by atoms with E-state index in [1.165, 1.54) is 6.33 Å². The molecule has 0 aliphatic carbocycles. The van der Waals surface area contributed by atoms with Crippen LogP contribution in [0.4, 0.5) is 0 Å². The van der Waals surface area contributed by atoms with Crippen molar-refractivity contribution in [2.75, 3.05) is 6.61 Å². The molecule has 84 valence electrons. The van der Waals surface area contributed by atoms with Crippen LogP contribution < -0.4 is 4.74 Å². The zero-order valence-corrected chi connectivity index (χ0v) is 10.6. The van der Waals surface area contributed by atoms with E-state index in [-0.39, 0.29) is 0 Å². The Labute approximate surface area is 106 Å². The molecule has 1 aromatic heterocycles. The van der Waals surface area contributed by atoms with Crippen molar-refractivity contribution in [3.05, 3.63) is 40.3 Å². The number of benzene rings is 1. The number of halogens is 2. The molecule has 16 heavy (non-hydrogen) atoms. The highest BCUT2D eigenvalue weighted by atomic mass is 79.9. The number of nitrogens with zero attached hydrogens (tertiary/aromatic N) is 3. The Morgan fingerprint density at radius 3 is 3.00 bits per heavy atom. The molecule has 2 rings (SSSR count). The molecular formula is C10H9BrClN3O. The summed E-state index contributed by atoms with van der Waals surface area (Å²) in [4.78, 5) is 3.85. The lowest BCUT2D eigenvalue weighted by atomic mass is 10.3. The first-order valence-corrected chi connectivity index (χ1v) is 5.83. The molecule has 0 unspecified atom stereocenters. The van der Waals surface area contributed by atoms with E-state index < -0.39 is 0 Å². The van der Waals surface area contributed by atoms with Crippen molar-refractivity contribution in [2.45, 2.75) is 6.54 Å². The van der Waals surface area contributed by atoms with E-state index >= 15 is 0 Å². The van der Waals surface area contributed by atoms with E-state index in [1.807, 2.05) is 6.07 Å². The van der Waals surface area contributed by atoms with Gasteiger partial charge in [-0.05, 0) is 34.1 Å². The zero-order chi connectivity index (χ0) is 11.4. The lowest BCUT2D eigenvalue weighted by molar-refractivity contribution is 0.289. The van der Waals surface area contributed by atoms with Gasteiger partial charge < -0.3 is 4.74 Å². The molecule has 0 saturated heterocycles. The Balaban J connectivity index is 1.90. The number of aromatic nitrogens is 3. The zero-order valence-electron chi connectivity index (χ0n) is 8.31. The van der Waals surface area contributed by atoms with Crippen molar-refractivity contribution < 1.29 is 4.74 Å². The van der Waals surface area contributed by atoms with Crippen molar-refractivity contribution in [1.82, 2.24) is 14.8 Å². The van der Waals surface area contributed by atoms with Gasteiger partial charge in [-0.3, -0.25) is 0 Å². The lowest BCUT2D eigenvalue weighted by Gasteiger charge is -2.08. The molecule has 0 saturated carbocycles. The Hall–Kier alpha value is -1.07. The minimum Gasteiger partial charge on any atom is -0.490 e. The van der Waals surface area contributed by atoms with Crippen LogP contribution in [0.15, 0.2) is 35.3 Å². The number of hydrogen-bond donors (Lipinski definition) is 0. The van der Waals surface area contributed by atoms with E-state index in [0.29, 0.717) is 18.2 Å². The average Bonchev–Trinajstić information content (AvgIpc) is 2.74. The summed E-state index contributed by atoms with van der Waals surface area (Å²) in [5.74, 6) is 0.768. The Morgan fingerprint density at radius 1 is 1.44 bits per heavy atom. The second kappa shape index (κ2) is 5.32. The summed E-state index contributed by atoms with van der Waals surface area (Å²) >= 11 is 9.21. The fourth-order valence-electron chi connectivity index (χ4n) is 1.19. The van der Waals surface area contributed by atoms with Crippen LogP contribution in [-0.4, -0.2) is 21.4 Å². The van der Waals surface area contributed by atoms with Gasteiger partial charge in [-0.1, -0.05) is 11.6 Å². The van der Waals surface area contributed by atoms with Crippen LogP contribution in [0.2, 0.25) is 5.02 Å². The Kier molecular flexibility index (Phi) is 3.79. The van der Waals surface area contributed by atoms with Crippen LogP contribution in [-0.2, 0) is 6.54 Å². The van der Waals surface area contributed by atoms with Crippen molar-refractivity contribution in [2.24, 2.45) is 0 Å². The summed E-state index contributed by atoms with van der Waals surface area (Å²) in [5.41, 5.74) is 0. The first-order valence-electron chi connectivity index (χ1n) is 4.66. The summed E-state index contributed by atoms with van der Waals surface area (Å²) in [5, 5.41) is 4.65. The molecule has 6 heteroatoms. The summed E-state index contributed by atoms with van der Waals surface area (Å²) < 4.78 is 8.13. The fraction of sp³-hybridized carbons (Fsp3) is 0.200. The Bertz CT molecular complexity index is 461. The summed E-state index contributed by atoms with van der Waals surface area (Å²) in [6, 6.07) is 5.41. The quantitative estimate of drug-likeness (QED) is 0.872. The summed E-state index contributed by atoms with van der Waals surface area (Å²) in [7, 11) is 0. The molecule has 1 aromatic carbocycles. The van der Waals surface area contributed by atoms with Crippen LogP contribution >= 0.6 is 27.5 Å². The predicted octanol–water partition coefficient (Wildman–Crippen LogP) is 2.77. The third-order valence-electron chi connectivity index (χ3n) is 1.94. The highest BCUT2D eigenvalue weighted by molar-refractivity contribution is 9.10. The summed E-state index contributed by atoms with van der Waals surface area (Å²) in [6.45, 7) is 1.19. The highest BCUT2D eigenvalue weighted by Crippen LogP contribution is 2.27. The monoisotopic (exact) mass is 301 g/mol. The first kappa shape index (κ1) is 11.4. The standard InChI is InChI=1S/C10H9BrClN3O/c11-9-5-8(12)1-2-10(9)16-4-3-15-7-13-6-14-15/h1-2,5-7H,3-4H2. The number of hydrogen-bond acceptors (Lipinski definition) is 3. The average molecular weight is 303 g/mol. The van der Waals surface area contributed by atoms with Gasteiger partial charge in [0, 0.05) is 5.02 Å². The van der Waals surface area contributed by atoms with Crippen LogP contribution in [0.1, 0.15) is 0 Å². The van der Waals surface area contributed by atoms with Gasteiger partial charge in [-0.2, -0.15) is 5.10 Å². The van der Waals surface area contributed by atoms with Gasteiger partial charge in [-0.25, -0.2) is 9.67 Å². The van der Waals surface area contributed by atoms with Crippen molar-refractivity contribution in [3.8, 4) is 5.75 Å². The maximum absolute atomic E-state index is 5.82. The highest BCUT2D eigenvalue weighted by Gasteiger charge is 2.01. The largest absolute Gasteiger partial charge is 0.490 e. The molecule has 0 spiro atoms. The van der Waals surface area contributed by atoms with E-state index in [4.69, 9.17) is 16.3 Å². The molecule has 0 atom stereocenters. The molecule has 4 nitrogen and oxygen atoms in total. The summed E-state index contributed by atoms with van der Waals surface area (Å²) in [6.07, 6.45) is 3.15. The smallest absolute Gasteiger partial charge is 0.137 e. The maximum atomic E-state index is 5.82. The van der Waals surface area contributed by atoms with Crippen molar-refractivity contribution in [3.63, 3.8) is 0 Å². The minimum absolute atomic E-state index is 0.531. The number of rotatable bonds is 4. The van der Waals surface area contributed by atoms with Gasteiger partial charge in [0.05, 0.1) is 11.0 Å². The molecular weight excluding hydrogens is 293 g/mol. The van der Waals surface area contributed by atoms with Gasteiger partial charge in [0.25, 0.3) is 0 Å². The predicted molar refractivity (Wildman–Crippen MR) is 64.7 cm³/mol. The van der Waals surface area contributed by atoms with Crippen LogP contribution in [0, 0.1) is 0 Å². The van der Waals surface area contributed by atoms with Crippen molar-refractivity contribution in [1.29, 1.82) is 0 Å². The Morgan fingerprint density at radius 2 is 2.31 bits per heavy atom. The maximum Gasteiger partial charge on any atom is 0.137 e. The van der Waals surface area contributed by atoms with Crippen molar-refractivity contribution >= 4 is 27.5 Å². The van der Waals surface area contributed by atoms with Gasteiger partial charge in [-0.15, -0.1) is 0 Å². The minimum atomic E-state index is 0.531. The van der Waals surface area contributed by atoms with E-state index in [9.17, 15) is 0 Å². The van der Waals surface area contributed by atoms with E-state index in [1.54, 1.807) is 23.1 Å². The van der Waals surface area contributed by atoms with Gasteiger partial charge >= 0.3 is 0 Å². The normalized spacial score (nSPS) is 10.4. The number of ether oxygens (including phenoxy) is 1. The van der Waals surface area contributed by atoms with Crippen LogP contribution in [0.3, 0.4) is 0 Å². The molecule has 0 bridgehead atoms. The molecule has 1 heterocycles. The third kappa shape index (κ3) is 2.96. The van der Waals surface area contributed by atoms with Crippen LogP contribution in [0.5, 0.6) is 5.75 Å². The van der Waals surface area contributed by atoms with Gasteiger partial charge in [0.2, 0.25) is 0 Å². The molecule has 0 radical (unpaired) electrons. The van der Waals surface area contributed by atoms with Gasteiger partial charge in [0.1, 0.15) is 25.0 Å². The third-order valence-corrected chi connectivity index (χ3v) is 2.79. The second-order valence-corrected chi connectivity index (χ2v) is 4.37. The van der Waals surface area contributed by atoms with Gasteiger partial charge in [0.15, 0.2) is 0 Å². The molecule has 0 N–H and O–H groups in total. The molecule has 2 aromatic rings. The first-order chi connectivity index (χ1) is 7.75.